The molecule has 4 nitrogen and oxygen atoms in total. The molecular formula is C17H13Cl2FN4. The zero-order valence-corrected chi connectivity index (χ0v) is 13.9. The van der Waals surface area contributed by atoms with Gasteiger partial charge in [0.2, 0.25) is 5.95 Å². The van der Waals surface area contributed by atoms with Crippen LogP contribution in [0.1, 0.15) is 5.56 Å². The van der Waals surface area contributed by atoms with Gasteiger partial charge in [0.05, 0.1) is 15.7 Å². The number of anilines is 3. The van der Waals surface area contributed by atoms with E-state index in [1.165, 1.54) is 12.1 Å². The van der Waals surface area contributed by atoms with Gasteiger partial charge in [-0.25, -0.2) is 9.37 Å². The van der Waals surface area contributed by atoms with E-state index >= 15 is 0 Å². The lowest BCUT2D eigenvalue weighted by Gasteiger charge is -2.10. The minimum absolute atomic E-state index is 0.260. The van der Waals surface area contributed by atoms with Gasteiger partial charge >= 0.3 is 0 Å². The Morgan fingerprint density at radius 3 is 2.38 bits per heavy atom. The third-order valence-corrected chi connectivity index (χ3v) is 3.87. The number of hydrogen-bond acceptors (Lipinski definition) is 4. The molecule has 0 atom stereocenters. The second-order valence-corrected chi connectivity index (χ2v) is 5.78. The lowest BCUT2D eigenvalue weighted by Crippen LogP contribution is -2.04. The average molecular weight is 363 g/mol. The van der Waals surface area contributed by atoms with Crippen molar-refractivity contribution in [2.45, 2.75) is 6.54 Å². The van der Waals surface area contributed by atoms with E-state index in [1.807, 2.05) is 0 Å². The number of hydrogen-bond donors (Lipinski definition) is 2. The number of rotatable bonds is 5. The largest absolute Gasteiger partial charge is 0.366 e. The van der Waals surface area contributed by atoms with E-state index in [-0.39, 0.29) is 5.82 Å². The van der Waals surface area contributed by atoms with E-state index < -0.39 is 0 Å². The summed E-state index contributed by atoms with van der Waals surface area (Å²) in [6.45, 7) is 0.517. The highest BCUT2D eigenvalue weighted by atomic mass is 35.5. The molecule has 0 amide bonds. The lowest BCUT2D eigenvalue weighted by atomic mass is 10.2. The van der Waals surface area contributed by atoms with Crippen LogP contribution in [-0.4, -0.2) is 9.97 Å². The molecule has 7 heteroatoms. The average Bonchev–Trinajstić information content (AvgIpc) is 2.58. The molecule has 1 heterocycles. The molecule has 0 aliphatic heterocycles. The van der Waals surface area contributed by atoms with Gasteiger partial charge in [0, 0.05) is 12.7 Å². The number of benzene rings is 2. The van der Waals surface area contributed by atoms with E-state index in [4.69, 9.17) is 23.2 Å². The molecule has 0 spiro atoms. The van der Waals surface area contributed by atoms with Crippen LogP contribution in [0.15, 0.2) is 54.7 Å². The van der Waals surface area contributed by atoms with Gasteiger partial charge in [-0.2, -0.15) is 4.98 Å². The summed E-state index contributed by atoms with van der Waals surface area (Å²) in [6.07, 6.45) is 1.62. The molecule has 0 radical (unpaired) electrons. The smallest absolute Gasteiger partial charge is 0.229 e. The maximum Gasteiger partial charge on any atom is 0.229 e. The van der Waals surface area contributed by atoms with Crippen LogP contribution in [0.2, 0.25) is 10.0 Å². The van der Waals surface area contributed by atoms with Gasteiger partial charge in [-0.15, -0.1) is 0 Å². The molecule has 3 rings (SSSR count). The molecule has 1 aromatic heterocycles. The third kappa shape index (κ3) is 4.13. The first-order valence-electron chi connectivity index (χ1n) is 7.14. The Hall–Kier alpha value is -2.37. The minimum atomic E-state index is -0.260. The van der Waals surface area contributed by atoms with Crippen molar-refractivity contribution >= 4 is 40.7 Å². The van der Waals surface area contributed by atoms with Crippen molar-refractivity contribution in [3.63, 3.8) is 0 Å². The Morgan fingerprint density at radius 2 is 1.67 bits per heavy atom. The first-order valence-corrected chi connectivity index (χ1v) is 7.90. The quantitative estimate of drug-likeness (QED) is 0.648. The van der Waals surface area contributed by atoms with Gasteiger partial charge in [0.15, 0.2) is 0 Å². The van der Waals surface area contributed by atoms with Crippen LogP contribution in [0.4, 0.5) is 21.8 Å². The van der Waals surface area contributed by atoms with Gasteiger partial charge in [0.1, 0.15) is 11.6 Å². The zero-order chi connectivity index (χ0) is 16.9. The topological polar surface area (TPSA) is 49.8 Å². The van der Waals surface area contributed by atoms with Gasteiger partial charge < -0.3 is 10.6 Å². The van der Waals surface area contributed by atoms with Crippen molar-refractivity contribution in [3.05, 3.63) is 76.2 Å². The molecule has 0 bridgehead atoms. The Morgan fingerprint density at radius 1 is 0.958 bits per heavy atom. The predicted molar refractivity (Wildman–Crippen MR) is 95.5 cm³/mol. The number of halogens is 3. The van der Waals surface area contributed by atoms with Gasteiger partial charge in [-0.05, 0) is 35.9 Å². The minimum Gasteiger partial charge on any atom is -0.366 e. The molecule has 0 fully saturated rings. The highest BCUT2D eigenvalue weighted by Crippen LogP contribution is 2.31. The molecule has 3 aromatic rings. The summed E-state index contributed by atoms with van der Waals surface area (Å²) in [6, 6.07) is 13.2. The van der Waals surface area contributed by atoms with Crippen LogP contribution >= 0.6 is 23.2 Å². The number of para-hydroxylation sites is 1. The Labute approximate surface area is 148 Å². The Kier molecular flexibility index (Phi) is 5.13. The Bertz CT molecular complexity index is 820. The van der Waals surface area contributed by atoms with Crippen molar-refractivity contribution in [1.82, 2.24) is 9.97 Å². The molecule has 0 unspecified atom stereocenters. The molecule has 24 heavy (non-hydrogen) atoms. The summed E-state index contributed by atoms with van der Waals surface area (Å²) in [7, 11) is 0. The van der Waals surface area contributed by atoms with Crippen LogP contribution in [-0.2, 0) is 6.54 Å². The van der Waals surface area contributed by atoms with Gasteiger partial charge in [0.25, 0.3) is 0 Å². The van der Waals surface area contributed by atoms with Crippen molar-refractivity contribution in [2.75, 3.05) is 10.6 Å². The first-order chi connectivity index (χ1) is 11.6. The molecule has 0 saturated heterocycles. The first kappa shape index (κ1) is 16.5. The van der Waals surface area contributed by atoms with Crippen molar-refractivity contribution in [1.29, 1.82) is 0 Å². The van der Waals surface area contributed by atoms with E-state index in [0.29, 0.717) is 34.0 Å². The summed E-state index contributed by atoms with van der Waals surface area (Å²) in [4.78, 5) is 8.51. The maximum absolute atomic E-state index is 12.9. The molecule has 122 valence electrons. The van der Waals surface area contributed by atoms with E-state index in [9.17, 15) is 4.39 Å². The molecule has 2 aromatic carbocycles. The van der Waals surface area contributed by atoms with Crippen LogP contribution in [0, 0.1) is 5.82 Å². The van der Waals surface area contributed by atoms with Crippen molar-refractivity contribution in [2.24, 2.45) is 0 Å². The van der Waals surface area contributed by atoms with E-state index in [0.717, 1.165) is 5.56 Å². The normalized spacial score (nSPS) is 10.5. The fraction of sp³-hybridized carbons (Fsp3) is 0.0588. The molecule has 2 N–H and O–H groups in total. The lowest BCUT2D eigenvalue weighted by molar-refractivity contribution is 0.627. The van der Waals surface area contributed by atoms with Crippen molar-refractivity contribution < 1.29 is 4.39 Å². The molecule has 0 aliphatic carbocycles. The summed E-state index contributed by atoms with van der Waals surface area (Å²) in [5, 5.41) is 7.13. The van der Waals surface area contributed by atoms with Crippen molar-refractivity contribution in [3.8, 4) is 0 Å². The summed E-state index contributed by atoms with van der Waals surface area (Å²) >= 11 is 12.2. The van der Waals surface area contributed by atoms with Gasteiger partial charge in [-0.1, -0.05) is 41.4 Å². The highest BCUT2D eigenvalue weighted by Gasteiger charge is 2.07. The fourth-order valence-electron chi connectivity index (χ4n) is 2.04. The van der Waals surface area contributed by atoms with Crippen LogP contribution < -0.4 is 10.6 Å². The second kappa shape index (κ2) is 7.47. The predicted octanol–water partition coefficient (Wildman–Crippen LogP) is 5.28. The van der Waals surface area contributed by atoms with Gasteiger partial charge in [-0.3, -0.25) is 0 Å². The number of aromatic nitrogens is 2. The van der Waals surface area contributed by atoms with Crippen LogP contribution in [0.25, 0.3) is 0 Å². The standard InChI is InChI=1S/C17H13Cl2FN4/c18-13-2-1-3-14(19)16(13)24-17-21-9-8-15(23-17)22-10-11-4-6-12(20)7-5-11/h1-9H,10H2,(H2,21,22,23,24). The number of nitrogens with one attached hydrogen (secondary N) is 2. The Balaban J connectivity index is 1.71. The monoisotopic (exact) mass is 362 g/mol. The summed E-state index contributed by atoms with van der Waals surface area (Å²) < 4.78 is 12.9. The van der Waals surface area contributed by atoms with E-state index in [1.54, 1.807) is 42.6 Å². The highest BCUT2D eigenvalue weighted by molar-refractivity contribution is 6.39. The zero-order valence-electron chi connectivity index (χ0n) is 12.4. The molecule has 0 aliphatic rings. The molecular weight excluding hydrogens is 350 g/mol. The molecule has 0 saturated carbocycles. The second-order valence-electron chi connectivity index (χ2n) is 4.97. The summed E-state index contributed by atoms with van der Waals surface area (Å²) in [5.41, 5.74) is 1.50. The number of nitrogens with zero attached hydrogens (tertiary/aromatic N) is 2. The van der Waals surface area contributed by atoms with Crippen LogP contribution in [0.5, 0.6) is 0 Å². The van der Waals surface area contributed by atoms with Crippen LogP contribution in [0.3, 0.4) is 0 Å². The SMILES string of the molecule is Fc1ccc(CNc2ccnc(Nc3c(Cl)cccc3Cl)n2)cc1. The third-order valence-electron chi connectivity index (χ3n) is 3.24. The fourth-order valence-corrected chi connectivity index (χ4v) is 2.53. The summed E-state index contributed by atoms with van der Waals surface area (Å²) in [5.74, 6) is 0.734. The van der Waals surface area contributed by atoms with E-state index in [2.05, 4.69) is 20.6 Å². The maximum atomic E-state index is 12.9.